The van der Waals surface area contributed by atoms with Crippen LogP contribution in [-0.2, 0) is 14.3 Å². The number of likely N-dealkylation sites (tertiary alicyclic amines) is 1. The van der Waals surface area contributed by atoms with Crippen molar-refractivity contribution in [2.24, 2.45) is 0 Å². The second kappa shape index (κ2) is 11.3. The number of aliphatic hydroxyl groups excluding tert-OH is 1. The largest absolute Gasteiger partial charge is 0.507 e. The van der Waals surface area contributed by atoms with Crippen LogP contribution in [-0.4, -0.2) is 69.4 Å². The molecule has 0 bridgehead atoms. The molecule has 1 unspecified atom stereocenters. The Labute approximate surface area is 211 Å². The number of hydrogen-bond acceptors (Lipinski definition) is 8. The molecule has 1 aliphatic heterocycles. The summed E-state index contributed by atoms with van der Waals surface area (Å²) in [7, 11) is 5.91. The fraction of sp³-hybridized carbons (Fsp3) is 0.407. The van der Waals surface area contributed by atoms with E-state index < -0.39 is 17.7 Å². The van der Waals surface area contributed by atoms with Gasteiger partial charge in [0.15, 0.2) is 11.5 Å². The van der Waals surface area contributed by atoms with Crippen molar-refractivity contribution in [3.63, 3.8) is 0 Å². The van der Waals surface area contributed by atoms with Gasteiger partial charge in [-0.25, -0.2) is 0 Å². The molecule has 3 rings (SSSR count). The van der Waals surface area contributed by atoms with Gasteiger partial charge in [-0.05, 0) is 50.6 Å². The monoisotopic (exact) mass is 499 g/mol. The van der Waals surface area contributed by atoms with Crippen molar-refractivity contribution >= 4 is 17.4 Å². The van der Waals surface area contributed by atoms with E-state index in [-0.39, 0.29) is 30.6 Å². The van der Waals surface area contributed by atoms with Crippen molar-refractivity contribution in [1.82, 2.24) is 4.90 Å². The molecule has 1 saturated heterocycles. The second-order valence-corrected chi connectivity index (χ2v) is 8.57. The summed E-state index contributed by atoms with van der Waals surface area (Å²) in [6.45, 7) is 5.96. The number of carbonyl (C=O) groups is 2. The van der Waals surface area contributed by atoms with Crippen molar-refractivity contribution in [3.05, 3.63) is 52.6 Å². The molecule has 9 nitrogen and oxygen atoms in total. The number of hydrogen-bond donors (Lipinski definition) is 1. The van der Waals surface area contributed by atoms with Crippen LogP contribution in [0.25, 0.3) is 5.76 Å². The number of Topliss-reactive ketones (excluding diaryl/α,β-unsaturated/α-hetero) is 1. The predicted octanol–water partition coefficient (Wildman–Crippen LogP) is 3.88. The molecule has 1 amide bonds. The maximum Gasteiger partial charge on any atom is 0.295 e. The highest BCUT2D eigenvalue weighted by Gasteiger charge is 2.46. The van der Waals surface area contributed by atoms with Crippen LogP contribution in [0.2, 0.25) is 0 Å². The molecule has 194 valence electrons. The molecule has 0 radical (unpaired) electrons. The summed E-state index contributed by atoms with van der Waals surface area (Å²) >= 11 is 0. The lowest BCUT2D eigenvalue weighted by atomic mass is 9.94. The van der Waals surface area contributed by atoms with E-state index in [0.29, 0.717) is 34.1 Å². The molecule has 1 N–H and O–H groups in total. The molecule has 0 aliphatic carbocycles. The molecule has 36 heavy (non-hydrogen) atoms. The first-order valence-corrected chi connectivity index (χ1v) is 11.5. The minimum absolute atomic E-state index is 0.0574. The van der Waals surface area contributed by atoms with Gasteiger partial charge in [-0.2, -0.15) is 0 Å². The van der Waals surface area contributed by atoms with Gasteiger partial charge in [0.25, 0.3) is 11.7 Å². The Hall–Kier alpha value is -3.72. The molecule has 0 saturated carbocycles. The van der Waals surface area contributed by atoms with E-state index in [1.54, 1.807) is 24.3 Å². The van der Waals surface area contributed by atoms with Crippen LogP contribution < -0.4 is 18.9 Å². The van der Waals surface area contributed by atoms with Crippen LogP contribution in [0.1, 0.15) is 36.6 Å². The molecule has 1 aliphatic rings. The smallest absolute Gasteiger partial charge is 0.295 e. The highest BCUT2D eigenvalue weighted by molar-refractivity contribution is 6.46. The summed E-state index contributed by atoms with van der Waals surface area (Å²) in [6.07, 6.45) is -0.0574. The lowest BCUT2D eigenvalue weighted by Gasteiger charge is -2.27. The maximum atomic E-state index is 13.3. The maximum absolute atomic E-state index is 13.3. The molecule has 9 heteroatoms. The summed E-state index contributed by atoms with van der Waals surface area (Å²) in [5, 5.41) is 11.4. The Morgan fingerprint density at radius 1 is 0.944 bits per heavy atom. The first-order valence-electron chi connectivity index (χ1n) is 11.5. The standard InChI is InChI=1S/C27H33NO8/c1-15(2)36-11-10-28-23(17-13-20(33-5)26(35-7)21(14-17)34-6)22(25(30)27(28)31)24(29)18-12-16(3)8-9-19(18)32-4/h8-9,12-15,23,29H,10-11H2,1-7H3/b24-22+. The van der Waals surface area contributed by atoms with E-state index in [4.69, 9.17) is 23.7 Å². The predicted molar refractivity (Wildman–Crippen MR) is 134 cm³/mol. The molecule has 1 fully saturated rings. The Morgan fingerprint density at radius 3 is 2.08 bits per heavy atom. The number of nitrogens with zero attached hydrogens (tertiary/aromatic N) is 1. The van der Waals surface area contributed by atoms with Crippen molar-refractivity contribution in [2.75, 3.05) is 41.6 Å². The lowest BCUT2D eigenvalue weighted by Crippen LogP contribution is -2.33. The topological polar surface area (TPSA) is 104 Å². The van der Waals surface area contributed by atoms with Crippen LogP contribution >= 0.6 is 0 Å². The van der Waals surface area contributed by atoms with Gasteiger partial charge in [0.2, 0.25) is 5.75 Å². The highest BCUT2D eigenvalue weighted by atomic mass is 16.5. The number of aryl methyl sites for hydroxylation is 1. The number of benzene rings is 2. The quantitative estimate of drug-likeness (QED) is 0.299. The lowest BCUT2D eigenvalue weighted by molar-refractivity contribution is -0.140. The number of carbonyl (C=O) groups excluding carboxylic acids is 2. The highest BCUT2D eigenvalue weighted by Crippen LogP contribution is 2.46. The van der Waals surface area contributed by atoms with Crippen LogP contribution in [0.3, 0.4) is 0 Å². The molecule has 0 aromatic heterocycles. The number of rotatable bonds is 10. The zero-order valence-corrected chi connectivity index (χ0v) is 21.7. The van der Waals surface area contributed by atoms with Gasteiger partial charge in [-0.1, -0.05) is 11.6 Å². The van der Waals surface area contributed by atoms with Crippen LogP contribution in [0.5, 0.6) is 23.0 Å². The Bertz CT molecular complexity index is 1150. The van der Waals surface area contributed by atoms with Gasteiger partial charge in [-0.3, -0.25) is 9.59 Å². The number of ketones is 1. The van der Waals surface area contributed by atoms with E-state index in [1.165, 1.54) is 33.3 Å². The minimum atomic E-state index is -0.931. The summed E-state index contributed by atoms with van der Waals surface area (Å²) in [4.78, 5) is 28.0. The number of amides is 1. The van der Waals surface area contributed by atoms with Crippen molar-refractivity contribution in [2.45, 2.75) is 32.9 Å². The van der Waals surface area contributed by atoms with Gasteiger partial charge in [0.1, 0.15) is 11.5 Å². The van der Waals surface area contributed by atoms with Gasteiger partial charge in [-0.15, -0.1) is 0 Å². The van der Waals surface area contributed by atoms with Gasteiger partial charge >= 0.3 is 0 Å². The van der Waals surface area contributed by atoms with E-state index >= 15 is 0 Å². The third-order valence-electron chi connectivity index (χ3n) is 5.94. The number of methoxy groups -OCH3 is 4. The van der Waals surface area contributed by atoms with Crippen LogP contribution in [0.4, 0.5) is 0 Å². The summed E-state index contributed by atoms with van der Waals surface area (Å²) in [5.41, 5.74) is 1.59. The fourth-order valence-electron chi connectivity index (χ4n) is 4.26. The zero-order valence-electron chi connectivity index (χ0n) is 21.7. The van der Waals surface area contributed by atoms with Gasteiger partial charge in [0, 0.05) is 6.54 Å². The first kappa shape index (κ1) is 26.9. The van der Waals surface area contributed by atoms with E-state index in [9.17, 15) is 14.7 Å². The summed E-state index contributed by atoms with van der Waals surface area (Å²) in [5.74, 6) is -0.443. The van der Waals surface area contributed by atoms with E-state index in [1.807, 2.05) is 26.8 Å². The van der Waals surface area contributed by atoms with Gasteiger partial charge in [0.05, 0.1) is 58.3 Å². The van der Waals surface area contributed by atoms with Crippen molar-refractivity contribution in [3.8, 4) is 23.0 Å². The number of aliphatic hydroxyl groups is 1. The third-order valence-corrected chi connectivity index (χ3v) is 5.94. The molecule has 2 aromatic carbocycles. The average molecular weight is 500 g/mol. The van der Waals surface area contributed by atoms with E-state index in [0.717, 1.165) is 5.56 Å². The molecular weight excluding hydrogens is 466 g/mol. The van der Waals surface area contributed by atoms with E-state index in [2.05, 4.69) is 0 Å². The third kappa shape index (κ3) is 5.11. The average Bonchev–Trinajstić information content (AvgIpc) is 3.12. The summed E-state index contributed by atoms with van der Waals surface area (Å²) < 4.78 is 27.5. The first-order chi connectivity index (χ1) is 17.2. The second-order valence-electron chi connectivity index (χ2n) is 8.57. The Balaban J connectivity index is 2.27. The van der Waals surface area contributed by atoms with Crippen molar-refractivity contribution < 1.29 is 38.4 Å². The Morgan fingerprint density at radius 2 is 1.56 bits per heavy atom. The van der Waals surface area contributed by atoms with Gasteiger partial charge < -0.3 is 33.7 Å². The molecule has 1 atom stereocenters. The normalized spacial score (nSPS) is 17.0. The SMILES string of the molecule is COc1ccc(C)cc1/C(O)=C1\C(=O)C(=O)N(CCOC(C)C)C1c1cc(OC)c(OC)c(OC)c1. The van der Waals surface area contributed by atoms with Crippen LogP contribution in [0.15, 0.2) is 35.9 Å². The summed E-state index contributed by atoms with van der Waals surface area (Å²) in [6, 6.07) is 7.62. The number of ether oxygens (including phenoxy) is 5. The van der Waals surface area contributed by atoms with Crippen molar-refractivity contribution in [1.29, 1.82) is 0 Å². The molecule has 2 aromatic rings. The Kier molecular flexibility index (Phi) is 8.47. The minimum Gasteiger partial charge on any atom is -0.507 e. The van der Waals surface area contributed by atoms with Crippen LogP contribution in [0, 0.1) is 6.92 Å². The molecular formula is C27H33NO8. The zero-order chi connectivity index (χ0) is 26.6. The molecule has 0 spiro atoms. The fourth-order valence-corrected chi connectivity index (χ4v) is 4.26. The molecule has 1 heterocycles.